The van der Waals surface area contributed by atoms with Crippen LogP contribution in [0.15, 0.2) is 66.7 Å². The van der Waals surface area contributed by atoms with E-state index >= 15 is 0 Å². The maximum absolute atomic E-state index is 12.6. The van der Waals surface area contributed by atoms with Crippen molar-refractivity contribution >= 4 is 76.2 Å². The average molecular weight is 619 g/mol. The van der Waals surface area contributed by atoms with Crippen LogP contribution in [0.4, 0.5) is 0 Å². The number of methoxy groups -OCH3 is 1. The lowest BCUT2D eigenvalue weighted by Gasteiger charge is -2.30. The summed E-state index contributed by atoms with van der Waals surface area (Å²) >= 11 is 0. The molecule has 1 fully saturated rings. The number of rotatable bonds is 6. The predicted molar refractivity (Wildman–Crippen MR) is 196 cm³/mol. The lowest BCUT2D eigenvalue weighted by molar-refractivity contribution is -0.140. The number of benzene rings is 7. The van der Waals surface area contributed by atoms with Gasteiger partial charge in [0.25, 0.3) is 0 Å². The summed E-state index contributed by atoms with van der Waals surface area (Å²) in [7, 11) is 1.53. The van der Waals surface area contributed by atoms with Crippen molar-refractivity contribution in [1.82, 2.24) is 0 Å². The molecular formula is C46H34O2. The second kappa shape index (κ2) is 7.32. The molecule has 2 nitrogen and oxygen atoms in total. The molecular weight excluding hydrogens is 585 g/mol. The zero-order valence-electron chi connectivity index (χ0n) is 27.8. The zero-order chi connectivity index (χ0) is 31.8. The quantitative estimate of drug-likeness (QED) is 0.137. The summed E-state index contributed by atoms with van der Waals surface area (Å²) < 4.78 is 5.20. The fraction of sp³-hybridized carbons (Fsp3) is 0.283. The summed E-state index contributed by atoms with van der Waals surface area (Å²) in [6, 6.07) is 24.0. The third kappa shape index (κ3) is 2.14. The fourth-order valence-electron chi connectivity index (χ4n) is 13.4. The molecule has 8 aromatic rings. The number of esters is 1. The molecule has 0 heterocycles. The Balaban J connectivity index is 1.32. The smallest absolute Gasteiger partial charge is 0.305 e. The molecule has 0 radical (unpaired) electrons. The third-order valence-electron chi connectivity index (χ3n) is 14.6. The second-order valence-electron chi connectivity index (χ2n) is 16.4. The van der Waals surface area contributed by atoms with Crippen LogP contribution in [-0.4, -0.2) is 13.1 Å². The van der Waals surface area contributed by atoms with Gasteiger partial charge in [-0.2, -0.15) is 0 Å². The van der Waals surface area contributed by atoms with Gasteiger partial charge in [0.15, 0.2) is 0 Å². The normalized spacial score (nSPS) is 25.4. The molecule has 0 N–H and O–H groups in total. The van der Waals surface area contributed by atoms with Gasteiger partial charge < -0.3 is 4.74 Å². The van der Waals surface area contributed by atoms with Gasteiger partial charge in [-0.15, -0.1) is 0 Å². The van der Waals surface area contributed by atoms with Gasteiger partial charge in [-0.1, -0.05) is 87.5 Å². The summed E-state index contributed by atoms with van der Waals surface area (Å²) in [6.45, 7) is 7.44. The van der Waals surface area contributed by atoms with Crippen LogP contribution in [0.3, 0.4) is 0 Å². The number of ether oxygens (including phenoxy) is 1. The molecule has 48 heavy (non-hydrogen) atoms. The Morgan fingerprint density at radius 1 is 0.750 bits per heavy atom. The van der Waals surface area contributed by atoms with E-state index in [4.69, 9.17) is 4.74 Å². The number of allylic oxidation sites excluding steroid dienone is 2. The Bertz CT molecular complexity index is 2910. The van der Waals surface area contributed by atoms with Gasteiger partial charge in [-0.3, -0.25) is 4.79 Å². The lowest BCUT2D eigenvalue weighted by Crippen LogP contribution is -2.25. The Kier molecular flexibility index (Phi) is 3.87. The molecule has 13 rings (SSSR count). The van der Waals surface area contributed by atoms with Crippen LogP contribution in [0.25, 0.3) is 70.2 Å². The fourth-order valence-corrected chi connectivity index (χ4v) is 13.4. The molecule has 5 aliphatic carbocycles. The topological polar surface area (TPSA) is 26.3 Å². The number of hydrogen-bond acceptors (Lipinski definition) is 2. The highest BCUT2D eigenvalue weighted by Crippen LogP contribution is 2.89. The molecule has 1 saturated carbocycles. The Morgan fingerprint density at radius 3 is 2.12 bits per heavy atom. The molecule has 5 aliphatic rings. The molecule has 3 unspecified atom stereocenters. The SMILES string of the molecule is COC(=O)CCCC1(c2ccccc2)C2(C)C=C3Cc4cc5ccc6cc7c8c9c(cc(C(C)C)c%10c9c9c(c3c4c3c5c6c8c93)C%1021)C7. The summed E-state index contributed by atoms with van der Waals surface area (Å²) in [5.41, 5.74) is 13.4. The molecule has 0 aromatic heterocycles. The Morgan fingerprint density at radius 2 is 1.40 bits per heavy atom. The number of hydrogen-bond donors (Lipinski definition) is 0. The van der Waals surface area contributed by atoms with Gasteiger partial charge in [0, 0.05) is 22.7 Å². The largest absolute Gasteiger partial charge is 0.469 e. The first-order chi connectivity index (χ1) is 23.4. The van der Waals surface area contributed by atoms with Crippen molar-refractivity contribution in [1.29, 1.82) is 0 Å². The van der Waals surface area contributed by atoms with Gasteiger partial charge in [-0.25, -0.2) is 0 Å². The molecule has 3 atom stereocenters. The third-order valence-corrected chi connectivity index (χ3v) is 14.6. The van der Waals surface area contributed by atoms with Crippen LogP contribution in [0.2, 0.25) is 0 Å². The van der Waals surface area contributed by atoms with E-state index < -0.39 is 0 Å². The first-order valence-electron chi connectivity index (χ1n) is 18.0. The van der Waals surface area contributed by atoms with E-state index in [1.165, 1.54) is 62.0 Å². The van der Waals surface area contributed by atoms with Gasteiger partial charge in [0.1, 0.15) is 0 Å². The van der Waals surface area contributed by atoms with E-state index in [9.17, 15) is 4.79 Å². The van der Waals surface area contributed by atoms with Crippen molar-refractivity contribution in [2.75, 3.05) is 7.11 Å². The zero-order valence-corrected chi connectivity index (χ0v) is 27.8. The van der Waals surface area contributed by atoms with Crippen molar-refractivity contribution in [3.8, 4) is 0 Å². The van der Waals surface area contributed by atoms with Gasteiger partial charge >= 0.3 is 5.97 Å². The monoisotopic (exact) mass is 618 g/mol. The highest BCUT2D eigenvalue weighted by atomic mass is 16.5. The molecule has 0 saturated heterocycles. The van der Waals surface area contributed by atoms with Crippen LogP contribution in [0.5, 0.6) is 0 Å². The van der Waals surface area contributed by atoms with E-state index in [1.54, 1.807) is 59.8 Å². The standard InChI is InChI=1S/C46H34O2/c1-21(2)29-19-26-17-24-15-22-12-13-23-16-25-18-27-20-44(3)45(14-8-11-30(47)48-4,28-9-6-5-7-10-28)46(44)42(29)40-34(26)33(24)37-31(22)32(23)38-35(25)36(27)43(46)41(40)39(37)38/h5-7,9-10,12-13,15-16,19-21H,8,11,14,17-18H2,1-4H3. The summed E-state index contributed by atoms with van der Waals surface area (Å²) in [5.74, 6) is 0.294. The average Bonchev–Trinajstić information content (AvgIpc) is 3.63. The summed E-state index contributed by atoms with van der Waals surface area (Å²) in [5, 5.41) is 18.3. The van der Waals surface area contributed by atoms with Crippen molar-refractivity contribution in [3.63, 3.8) is 0 Å². The second-order valence-corrected chi connectivity index (χ2v) is 16.4. The van der Waals surface area contributed by atoms with Crippen LogP contribution < -0.4 is 0 Å². The van der Waals surface area contributed by atoms with Crippen molar-refractivity contribution in [2.45, 2.75) is 69.6 Å². The van der Waals surface area contributed by atoms with Crippen LogP contribution in [0, 0.1) is 5.41 Å². The molecule has 2 heteroatoms. The minimum atomic E-state index is -0.199. The van der Waals surface area contributed by atoms with E-state index in [-0.39, 0.29) is 22.2 Å². The van der Waals surface area contributed by atoms with E-state index in [2.05, 4.69) is 87.5 Å². The molecule has 8 aromatic carbocycles. The van der Waals surface area contributed by atoms with Crippen LogP contribution >= 0.6 is 0 Å². The van der Waals surface area contributed by atoms with Crippen molar-refractivity contribution in [2.24, 2.45) is 5.41 Å². The van der Waals surface area contributed by atoms with E-state index in [0.29, 0.717) is 12.3 Å². The first kappa shape index (κ1) is 25.3. The minimum absolute atomic E-state index is 0.106. The predicted octanol–water partition coefficient (Wildman–Crippen LogP) is 10.8. The Hall–Kier alpha value is -4.69. The van der Waals surface area contributed by atoms with E-state index in [1.807, 2.05) is 0 Å². The summed E-state index contributed by atoms with van der Waals surface area (Å²) in [4.78, 5) is 12.6. The van der Waals surface area contributed by atoms with E-state index in [0.717, 1.165) is 25.7 Å². The molecule has 0 amide bonds. The first-order valence-corrected chi connectivity index (χ1v) is 18.0. The summed E-state index contributed by atoms with van der Waals surface area (Å²) in [6.07, 6.45) is 7.00. The van der Waals surface area contributed by atoms with Crippen LogP contribution in [-0.2, 0) is 33.2 Å². The number of carbonyl (C=O) groups excluding carboxylic acids is 1. The molecule has 230 valence electrons. The van der Waals surface area contributed by atoms with Crippen molar-refractivity contribution in [3.05, 3.63) is 111 Å². The highest BCUT2D eigenvalue weighted by molar-refractivity contribution is 6.52. The maximum atomic E-state index is 12.6. The van der Waals surface area contributed by atoms with Gasteiger partial charge in [0.05, 0.1) is 7.11 Å². The Labute approximate surface area is 278 Å². The van der Waals surface area contributed by atoms with Crippen molar-refractivity contribution < 1.29 is 9.53 Å². The van der Waals surface area contributed by atoms with Gasteiger partial charge in [0.2, 0.25) is 0 Å². The molecule has 1 spiro atoms. The minimum Gasteiger partial charge on any atom is -0.469 e. The van der Waals surface area contributed by atoms with Gasteiger partial charge in [-0.05, 0) is 146 Å². The highest BCUT2D eigenvalue weighted by Gasteiger charge is 2.87. The maximum Gasteiger partial charge on any atom is 0.305 e. The lowest BCUT2D eigenvalue weighted by atomic mass is 9.71. The number of carbonyl (C=O) groups is 1. The molecule has 0 aliphatic heterocycles. The van der Waals surface area contributed by atoms with Crippen LogP contribution in [0.1, 0.15) is 90.5 Å². The molecule has 0 bridgehead atoms.